The molecular weight excluding hydrogens is 426 g/mol. The highest BCUT2D eigenvalue weighted by molar-refractivity contribution is 7.09. The molecule has 0 aliphatic carbocycles. The smallest absolute Gasteiger partial charge is 0.289 e. The number of rotatable bonds is 9. The van der Waals surface area contributed by atoms with Gasteiger partial charge in [-0.25, -0.2) is 4.98 Å². The molecule has 32 heavy (non-hydrogen) atoms. The number of hydrogen-bond donors (Lipinski definition) is 0. The number of benzene rings is 1. The normalized spacial score (nSPS) is 14.4. The second-order valence-corrected chi connectivity index (χ2v) is 8.95. The second kappa shape index (κ2) is 10.8. The Hall–Kier alpha value is -2.68. The first-order valence-corrected chi connectivity index (χ1v) is 11.7. The van der Waals surface area contributed by atoms with Gasteiger partial charge >= 0.3 is 0 Å². The van der Waals surface area contributed by atoms with E-state index in [0.717, 1.165) is 49.3 Å². The van der Waals surface area contributed by atoms with Crippen LogP contribution in [-0.4, -0.2) is 60.1 Å². The third-order valence-corrected chi connectivity index (χ3v) is 6.19. The maximum atomic E-state index is 13.0. The lowest BCUT2D eigenvalue weighted by Crippen LogP contribution is -2.42. The minimum absolute atomic E-state index is 0.121. The SMILES string of the molecule is Cc1cc(C)cc(OCc2nc(CN(CCN3CCOCC3)C(=O)c3ccco3)cs2)c1. The summed E-state index contributed by atoms with van der Waals surface area (Å²) >= 11 is 1.55. The van der Waals surface area contributed by atoms with E-state index < -0.39 is 0 Å². The van der Waals surface area contributed by atoms with Gasteiger partial charge in [0, 0.05) is 31.6 Å². The van der Waals surface area contributed by atoms with Crippen LogP contribution in [-0.2, 0) is 17.9 Å². The van der Waals surface area contributed by atoms with Crippen molar-refractivity contribution in [1.82, 2.24) is 14.8 Å². The quantitative estimate of drug-likeness (QED) is 0.487. The van der Waals surface area contributed by atoms with Gasteiger partial charge in [-0.3, -0.25) is 9.69 Å². The van der Waals surface area contributed by atoms with Crippen molar-refractivity contribution in [3.8, 4) is 5.75 Å². The summed E-state index contributed by atoms with van der Waals surface area (Å²) < 4.78 is 16.7. The molecule has 2 aromatic heterocycles. The number of morpholine rings is 1. The van der Waals surface area contributed by atoms with Crippen molar-refractivity contribution in [2.75, 3.05) is 39.4 Å². The monoisotopic (exact) mass is 455 g/mol. The Morgan fingerprint density at radius 2 is 2.00 bits per heavy atom. The molecule has 3 heterocycles. The number of aryl methyl sites for hydroxylation is 2. The van der Waals surface area contributed by atoms with Crippen LogP contribution in [0.3, 0.4) is 0 Å². The van der Waals surface area contributed by atoms with Gasteiger partial charge in [0.05, 0.1) is 31.7 Å². The third kappa shape index (κ3) is 6.18. The number of ether oxygens (including phenoxy) is 2. The number of carbonyl (C=O) groups excluding carboxylic acids is 1. The summed E-state index contributed by atoms with van der Waals surface area (Å²) in [7, 11) is 0. The summed E-state index contributed by atoms with van der Waals surface area (Å²) in [6.45, 7) is 9.61. The van der Waals surface area contributed by atoms with Crippen molar-refractivity contribution < 1.29 is 18.7 Å². The minimum atomic E-state index is -0.121. The molecule has 170 valence electrons. The fourth-order valence-electron chi connectivity index (χ4n) is 3.74. The van der Waals surface area contributed by atoms with Crippen molar-refractivity contribution in [3.63, 3.8) is 0 Å². The topological polar surface area (TPSA) is 68.0 Å². The van der Waals surface area contributed by atoms with E-state index in [4.69, 9.17) is 18.9 Å². The largest absolute Gasteiger partial charge is 0.486 e. The zero-order valence-corrected chi connectivity index (χ0v) is 19.4. The van der Waals surface area contributed by atoms with Gasteiger partial charge in [0.25, 0.3) is 5.91 Å². The predicted octanol–water partition coefficient (Wildman–Crippen LogP) is 3.91. The molecule has 3 aromatic rings. The van der Waals surface area contributed by atoms with E-state index in [2.05, 4.69) is 24.8 Å². The lowest BCUT2D eigenvalue weighted by atomic mass is 10.1. The molecule has 4 rings (SSSR count). The van der Waals surface area contributed by atoms with Gasteiger partial charge in [-0.05, 0) is 49.2 Å². The maximum absolute atomic E-state index is 13.0. The van der Waals surface area contributed by atoms with E-state index in [9.17, 15) is 4.79 Å². The Morgan fingerprint density at radius 3 is 2.72 bits per heavy atom. The highest BCUT2D eigenvalue weighted by Gasteiger charge is 2.21. The first-order chi connectivity index (χ1) is 15.6. The number of nitrogens with zero attached hydrogens (tertiary/aromatic N) is 3. The zero-order valence-electron chi connectivity index (χ0n) is 18.6. The molecule has 1 fully saturated rings. The standard InChI is InChI=1S/C24H29N3O4S/c1-18-12-19(2)14-21(13-18)31-16-23-25-20(17-32-23)15-27(24(28)22-4-3-9-30-22)6-5-26-7-10-29-11-8-26/h3-4,9,12-14,17H,5-8,10-11,15-16H2,1-2H3. The van der Waals surface area contributed by atoms with Crippen LogP contribution in [0.15, 0.2) is 46.4 Å². The molecule has 1 aliphatic heterocycles. The number of thiazole rings is 1. The van der Waals surface area contributed by atoms with E-state index in [1.807, 2.05) is 17.5 Å². The van der Waals surface area contributed by atoms with Crippen LogP contribution >= 0.6 is 11.3 Å². The highest BCUT2D eigenvalue weighted by Crippen LogP contribution is 2.20. The number of furan rings is 1. The predicted molar refractivity (Wildman–Crippen MR) is 123 cm³/mol. The van der Waals surface area contributed by atoms with Gasteiger partial charge in [0.15, 0.2) is 5.76 Å². The van der Waals surface area contributed by atoms with Crippen LogP contribution in [0.25, 0.3) is 0 Å². The molecule has 7 nitrogen and oxygen atoms in total. The second-order valence-electron chi connectivity index (χ2n) is 8.00. The summed E-state index contributed by atoms with van der Waals surface area (Å²) in [6.07, 6.45) is 1.53. The molecule has 1 amide bonds. The summed E-state index contributed by atoms with van der Waals surface area (Å²) in [4.78, 5) is 21.8. The first-order valence-electron chi connectivity index (χ1n) is 10.8. The molecule has 0 radical (unpaired) electrons. The molecule has 8 heteroatoms. The summed E-state index contributed by atoms with van der Waals surface area (Å²) in [5.41, 5.74) is 3.20. The average Bonchev–Trinajstić information content (AvgIpc) is 3.47. The van der Waals surface area contributed by atoms with Crippen molar-refractivity contribution >= 4 is 17.2 Å². The van der Waals surface area contributed by atoms with E-state index in [1.54, 1.807) is 28.4 Å². The van der Waals surface area contributed by atoms with Gasteiger partial charge < -0.3 is 18.8 Å². The Labute approximate surface area is 192 Å². The van der Waals surface area contributed by atoms with Gasteiger partial charge in [0.1, 0.15) is 17.4 Å². The summed E-state index contributed by atoms with van der Waals surface area (Å²) in [5.74, 6) is 1.07. The van der Waals surface area contributed by atoms with E-state index in [0.29, 0.717) is 25.5 Å². The molecule has 1 aromatic carbocycles. The molecule has 0 spiro atoms. The Bertz CT molecular complexity index is 992. The van der Waals surface area contributed by atoms with Crippen molar-refractivity contribution in [2.24, 2.45) is 0 Å². The van der Waals surface area contributed by atoms with Crippen LogP contribution in [0, 0.1) is 13.8 Å². The number of amides is 1. The van der Waals surface area contributed by atoms with Crippen LogP contribution < -0.4 is 4.74 Å². The summed E-state index contributed by atoms with van der Waals surface area (Å²) in [5, 5.41) is 2.88. The number of hydrogen-bond acceptors (Lipinski definition) is 7. The first kappa shape index (κ1) is 22.5. The van der Waals surface area contributed by atoms with Crippen molar-refractivity contribution in [2.45, 2.75) is 27.0 Å². The number of carbonyl (C=O) groups is 1. The zero-order chi connectivity index (χ0) is 22.3. The Morgan fingerprint density at radius 1 is 1.22 bits per heavy atom. The molecule has 0 atom stereocenters. The average molecular weight is 456 g/mol. The van der Waals surface area contributed by atoms with Gasteiger partial charge in [-0.15, -0.1) is 11.3 Å². The fraction of sp³-hybridized carbons (Fsp3) is 0.417. The van der Waals surface area contributed by atoms with E-state index >= 15 is 0 Å². The van der Waals surface area contributed by atoms with Crippen molar-refractivity contribution in [1.29, 1.82) is 0 Å². The van der Waals surface area contributed by atoms with Crippen LogP contribution in [0.5, 0.6) is 5.75 Å². The molecule has 1 aliphatic rings. The van der Waals surface area contributed by atoms with E-state index in [1.165, 1.54) is 17.4 Å². The number of aromatic nitrogens is 1. The van der Waals surface area contributed by atoms with E-state index in [-0.39, 0.29) is 5.91 Å². The summed E-state index contributed by atoms with van der Waals surface area (Å²) in [6, 6.07) is 9.61. The highest BCUT2D eigenvalue weighted by atomic mass is 32.1. The molecule has 0 unspecified atom stereocenters. The Kier molecular flexibility index (Phi) is 7.57. The lowest BCUT2D eigenvalue weighted by molar-refractivity contribution is 0.0315. The van der Waals surface area contributed by atoms with Gasteiger partial charge in [-0.2, -0.15) is 0 Å². The van der Waals surface area contributed by atoms with Crippen LogP contribution in [0.1, 0.15) is 32.4 Å². The fourth-order valence-corrected chi connectivity index (χ4v) is 4.44. The maximum Gasteiger partial charge on any atom is 0.289 e. The molecule has 0 bridgehead atoms. The van der Waals surface area contributed by atoms with Gasteiger partial charge in [0.2, 0.25) is 0 Å². The van der Waals surface area contributed by atoms with Gasteiger partial charge in [-0.1, -0.05) is 6.07 Å². The van der Waals surface area contributed by atoms with Crippen LogP contribution in [0.4, 0.5) is 0 Å². The molecule has 0 N–H and O–H groups in total. The van der Waals surface area contributed by atoms with Crippen molar-refractivity contribution in [3.05, 3.63) is 69.6 Å². The molecule has 0 saturated carbocycles. The van der Waals surface area contributed by atoms with Crippen LogP contribution in [0.2, 0.25) is 0 Å². The minimum Gasteiger partial charge on any atom is -0.486 e. The molecule has 1 saturated heterocycles. The Balaban J connectivity index is 1.38. The third-order valence-electron chi connectivity index (χ3n) is 5.32. The molecular formula is C24H29N3O4S. The lowest BCUT2D eigenvalue weighted by Gasteiger charge is -2.29.